The Morgan fingerprint density at radius 3 is 2.55 bits per heavy atom. The maximum atomic E-state index is 13.5. The lowest BCUT2D eigenvalue weighted by molar-refractivity contribution is -0.133. The third-order valence-corrected chi connectivity index (χ3v) is 8.64. The van der Waals surface area contributed by atoms with E-state index in [-0.39, 0.29) is 29.9 Å². The van der Waals surface area contributed by atoms with E-state index in [2.05, 4.69) is 6.58 Å². The Labute approximate surface area is 201 Å². The molecule has 33 heavy (non-hydrogen) atoms. The number of halogens is 2. The Hall–Kier alpha value is -2.52. The van der Waals surface area contributed by atoms with Crippen molar-refractivity contribution in [2.24, 2.45) is 0 Å². The molecule has 172 valence electrons. The van der Waals surface area contributed by atoms with Gasteiger partial charge in [0, 0.05) is 23.0 Å². The summed E-state index contributed by atoms with van der Waals surface area (Å²) in [6, 6.07) is 13.6. The van der Waals surface area contributed by atoms with Gasteiger partial charge in [0.2, 0.25) is 15.9 Å². The minimum atomic E-state index is -4.02. The van der Waals surface area contributed by atoms with Crippen molar-refractivity contribution < 1.29 is 17.6 Å². The summed E-state index contributed by atoms with van der Waals surface area (Å²) < 4.78 is 40.7. The van der Waals surface area contributed by atoms with Crippen LogP contribution in [0.1, 0.15) is 22.0 Å². The molecule has 1 aliphatic rings. The van der Waals surface area contributed by atoms with E-state index >= 15 is 0 Å². The summed E-state index contributed by atoms with van der Waals surface area (Å²) in [5.74, 6) is -0.856. The van der Waals surface area contributed by atoms with Crippen LogP contribution in [0.15, 0.2) is 77.5 Å². The van der Waals surface area contributed by atoms with E-state index in [0.717, 1.165) is 27.6 Å². The van der Waals surface area contributed by atoms with Gasteiger partial charge in [-0.3, -0.25) is 4.79 Å². The number of amides is 1. The number of rotatable bonds is 7. The summed E-state index contributed by atoms with van der Waals surface area (Å²) >= 11 is 7.72. The average molecular weight is 505 g/mol. The highest BCUT2D eigenvalue weighted by Gasteiger charge is 2.35. The molecule has 3 aromatic rings. The molecule has 1 aromatic heterocycles. The normalized spacial score (nSPS) is 16.0. The highest BCUT2D eigenvalue weighted by Crippen LogP contribution is 2.38. The summed E-state index contributed by atoms with van der Waals surface area (Å²) in [5.41, 5.74) is 1.95. The molecule has 4 rings (SSSR count). The van der Waals surface area contributed by atoms with Gasteiger partial charge in [0.1, 0.15) is 5.82 Å². The van der Waals surface area contributed by atoms with E-state index in [1.165, 1.54) is 23.1 Å². The number of fused-ring (bicyclic) bond motifs is 1. The molecule has 2 aromatic carbocycles. The molecule has 0 N–H and O–H groups in total. The zero-order valence-corrected chi connectivity index (χ0v) is 20.0. The molecule has 2 heterocycles. The molecule has 0 radical (unpaired) electrons. The van der Waals surface area contributed by atoms with Gasteiger partial charge in [-0.2, -0.15) is 4.31 Å². The fourth-order valence-corrected chi connectivity index (χ4v) is 6.37. The number of nitrogens with zero attached hydrogens (tertiary/aromatic N) is 2. The zero-order valence-electron chi connectivity index (χ0n) is 17.7. The van der Waals surface area contributed by atoms with E-state index in [0.29, 0.717) is 18.0 Å². The largest absolute Gasteiger partial charge is 0.330 e. The van der Waals surface area contributed by atoms with Gasteiger partial charge in [-0.1, -0.05) is 29.8 Å². The maximum Gasteiger partial charge on any atom is 0.243 e. The van der Waals surface area contributed by atoms with Crippen molar-refractivity contribution >= 4 is 38.9 Å². The minimum absolute atomic E-state index is 0.0470. The first-order valence-electron chi connectivity index (χ1n) is 10.3. The van der Waals surface area contributed by atoms with Crippen molar-refractivity contribution in [3.05, 3.63) is 99.5 Å². The van der Waals surface area contributed by atoms with Gasteiger partial charge >= 0.3 is 0 Å². The van der Waals surface area contributed by atoms with Crippen LogP contribution in [-0.2, 0) is 21.2 Å². The van der Waals surface area contributed by atoms with E-state index < -0.39 is 15.8 Å². The standard InChI is InChI=1S/C24H22ClFN2O3S2/c1-2-13-27(33(30,31)20-9-7-19(26)8-10-20)16-23(29)28-14-11-22-21(12-15-32-22)24(28)17-3-5-18(25)6-4-17/h2-10,12,15,24H,1,11,13-14,16H2. The number of thiophene rings is 1. The summed E-state index contributed by atoms with van der Waals surface area (Å²) in [6.45, 7) is 3.70. The number of hydrogen-bond acceptors (Lipinski definition) is 4. The van der Waals surface area contributed by atoms with Gasteiger partial charge in [-0.05, 0) is 65.4 Å². The van der Waals surface area contributed by atoms with Gasteiger partial charge in [0.15, 0.2) is 0 Å². The third kappa shape index (κ3) is 4.89. The van der Waals surface area contributed by atoms with Crippen LogP contribution in [0.4, 0.5) is 4.39 Å². The van der Waals surface area contributed by atoms with E-state index in [4.69, 9.17) is 11.6 Å². The smallest absolute Gasteiger partial charge is 0.243 e. The van der Waals surface area contributed by atoms with Gasteiger partial charge in [0.05, 0.1) is 17.5 Å². The molecule has 9 heteroatoms. The number of sulfonamides is 1. The van der Waals surface area contributed by atoms with Gasteiger partial charge in [-0.15, -0.1) is 17.9 Å². The molecule has 0 saturated carbocycles. The first-order valence-corrected chi connectivity index (χ1v) is 13.0. The quantitative estimate of drug-likeness (QED) is 0.430. The monoisotopic (exact) mass is 504 g/mol. The third-order valence-electron chi connectivity index (χ3n) is 5.57. The lowest BCUT2D eigenvalue weighted by Gasteiger charge is -2.37. The van der Waals surface area contributed by atoms with Crippen LogP contribution in [0.3, 0.4) is 0 Å². The topological polar surface area (TPSA) is 57.7 Å². The van der Waals surface area contributed by atoms with Crippen LogP contribution in [0, 0.1) is 5.82 Å². The van der Waals surface area contributed by atoms with Crippen LogP contribution in [-0.4, -0.2) is 43.2 Å². The fourth-order valence-electron chi connectivity index (χ4n) is 3.98. The number of carbonyl (C=O) groups excluding carboxylic acids is 1. The number of hydrogen-bond donors (Lipinski definition) is 0. The average Bonchev–Trinajstić information content (AvgIpc) is 3.28. The van der Waals surface area contributed by atoms with Crippen molar-refractivity contribution in [1.82, 2.24) is 9.21 Å². The van der Waals surface area contributed by atoms with Crippen LogP contribution in [0.2, 0.25) is 5.02 Å². The molecule has 0 aliphatic carbocycles. The molecule has 0 fully saturated rings. The van der Waals surface area contributed by atoms with Crippen LogP contribution >= 0.6 is 22.9 Å². The first kappa shape index (κ1) is 23.6. The zero-order chi connectivity index (χ0) is 23.6. The molecule has 5 nitrogen and oxygen atoms in total. The maximum absolute atomic E-state index is 13.5. The van der Waals surface area contributed by atoms with Crippen LogP contribution < -0.4 is 0 Å². The molecular formula is C24H22ClFN2O3S2. The van der Waals surface area contributed by atoms with Crippen molar-refractivity contribution in [2.75, 3.05) is 19.6 Å². The summed E-state index contributed by atoms with van der Waals surface area (Å²) in [6.07, 6.45) is 2.13. The molecule has 1 amide bonds. The number of carbonyl (C=O) groups is 1. The second-order valence-corrected chi connectivity index (χ2v) is 11.0. The van der Waals surface area contributed by atoms with E-state index in [9.17, 15) is 17.6 Å². The predicted molar refractivity (Wildman–Crippen MR) is 128 cm³/mol. The van der Waals surface area contributed by atoms with Crippen molar-refractivity contribution in [3.63, 3.8) is 0 Å². The lowest BCUT2D eigenvalue weighted by Crippen LogP contribution is -2.46. The molecule has 0 bridgehead atoms. The van der Waals surface area contributed by atoms with Crippen molar-refractivity contribution in [3.8, 4) is 0 Å². The second kappa shape index (κ2) is 9.77. The van der Waals surface area contributed by atoms with E-state index in [1.807, 2.05) is 23.6 Å². The SMILES string of the molecule is C=CCN(CC(=O)N1CCc2sccc2C1c1ccc(Cl)cc1)S(=O)(=O)c1ccc(F)cc1. The number of benzene rings is 2. The molecule has 1 aliphatic heterocycles. The Morgan fingerprint density at radius 2 is 1.88 bits per heavy atom. The fraction of sp³-hybridized carbons (Fsp3) is 0.208. The minimum Gasteiger partial charge on any atom is -0.330 e. The highest BCUT2D eigenvalue weighted by atomic mass is 35.5. The van der Waals surface area contributed by atoms with Gasteiger partial charge in [0.25, 0.3) is 0 Å². The lowest BCUT2D eigenvalue weighted by atomic mass is 9.93. The summed E-state index contributed by atoms with van der Waals surface area (Å²) in [5, 5.41) is 2.60. The second-order valence-electron chi connectivity index (χ2n) is 7.63. The molecular weight excluding hydrogens is 483 g/mol. The highest BCUT2D eigenvalue weighted by molar-refractivity contribution is 7.89. The first-order chi connectivity index (χ1) is 15.8. The Kier molecular flexibility index (Phi) is 6.99. The molecule has 0 spiro atoms. The van der Waals surface area contributed by atoms with Gasteiger partial charge in [-0.25, -0.2) is 12.8 Å². The Morgan fingerprint density at radius 1 is 1.18 bits per heavy atom. The van der Waals surface area contributed by atoms with E-state index in [1.54, 1.807) is 28.4 Å². The Balaban J connectivity index is 1.65. The molecule has 0 saturated heterocycles. The van der Waals surface area contributed by atoms with Crippen molar-refractivity contribution in [1.29, 1.82) is 0 Å². The van der Waals surface area contributed by atoms with Gasteiger partial charge < -0.3 is 4.90 Å². The summed E-state index contributed by atoms with van der Waals surface area (Å²) in [7, 11) is -4.02. The van der Waals surface area contributed by atoms with Crippen LogP contribution in [0.5, 0.6) is 0 Å². The van der Waals surface area contributed by atoms with Crippen molar-refractivity contribution in [2.45, 2.75) is 17.4 Å². The predicted octanol–water partition coefficient (Wildman–Crippen LogP) is 4.89. The summed E-state index contributed by atoms with van der Waals surface area (Å²) in [4.78, 5) is 16.3. The molecule has 1 unspecified atom stereocenters. The Bertz CT molecular complexity index is 1260. The molecule has 1 atom stereocenters. The van der Waals surface area contributed by atoms with Crippen LogP contribution in [0.25, 0.3) is 0 Å².